The molecule has 0 aliphatic carbocycles. The van der Waals surface area contributed by atoms with Gasteiger partial charge < -0.3 is 5.32 Å². The topological polar surface area (TPSA) is 54.9 Å². The van der Waals surface area contributed by atoms with Gasteiger partial charge in [-0.15, -0.1) is 0 Å². The molecule has 4 nitrogen and oxygen atoms in total. The van der Waals surface area contributed by atoms with E-state index in [-0.39, 0.29) is 12.1 Å². The fourth-order valence-electron chi connectivity index (χ4n) is 2.55. The number of fused-ring (bicyclic) bond motifs is 1. The molecular weight excluding hydrogens is 331 g/mol. The number of halogens is 3. The average molecular weight is 345 g/mol. The number of carbonyl (C=O) groups is 1. The van der Waals surface area contributed by atoms with Gasteiger partial charge in [0.2, 0.25) is 0 Å². The average Bonchev–Trinajstić information content (AvgIpc) is 2.58. The number of benzene rings is 1. The van der Waals surface area contributed by atoms with Crippen LogP contribution in [0.25, 0.3) is 11.0 Å². The van der Waals surface area contributed by atoms with Gasteiger partial charge in [-0.3, -0.25) is 4.79 Å². The summed E-state index contributed by atoms with van der Waals surface area (Å²) < 4.78 is 39.0. The monoisotopic (exact) mass is 345 g/mol. The van der Waals surface area contributed by atoms with E-state index in [0.717, 1.165) is 6.07 Å². The quantitative estimate of drug-likeness (QED) is 0.784. The number of amides is 1. The van der Waals surface area contributed by atoms with Crippen molar-refractivity contribution in [3.8, 4) is 0 Å². The van der Waals surface area contributed by atoms with Gasteiger partial charge in [0.1, 0.15) is 0 Å². The van der Waals surface area contributed by atoms with Crippen LogP contribution in [0.3, 0.4) is 0 Å². The molecular formula is C18H14F3N3O. The second-order valence-electron chi connectivity index (χ2n) is 5.51. The SMILES string of the molecule is Cc1nc2ncccc2cc1C(=O)NCc1ccccc1C(F)(F)F. The lowest BCUT2D eigenvalue weighted by molar-refractivity contribution is -0.138. The summed E-state index contributed by atoms with van der Waals surface area (Å²) in [7, 11) is 0. The Balaban J connectivity index is 1.83. The smallest absolute Gasteiger partial charge is 0.348 e. The number of hydrogen-bond acceptors (Lipinski definition) is 3. The molecule has 128 valence electrons. The first-order valence-electron chi connectivity index (χ1n) is 7.52. The second-order valence-corrected chi connectivity index (χ2v) is 5.51. The van der Waals surface area contributed by atoms with Crippen LogP contribution in [-0.4, -0.2) is 15.9 Å². The lowest BCUT2D eigenvalue weighted by Gasteiger charge is -2.14. The highest BCUT2D eigenvalue weighted by atomic mass is 19.4. The Morgan fingerprint density at radius 2 is 1.92 bits per heavy atom. The molecule has 0 atom stereocenters. The van der Waals surface area contributed by atoms with E-state index in [4.69, 9.17) is 0 Å². The van der Waals surface area contributed by atoms with E-state index >= 15 is 0 Å². The molecule has 0 spiro atoms. The molecule has 1 amide bonds. The van der Waals surface area contributed by atoms with Crippen LogP contribution in [0.2, 0.25) is 0 Å². The molecule has 7 heteroatoms. The van der Waals surface area contributed by atoms with Crippen molar-refractivity contribution in [1.82, 2.24) is 15.3 Å². The summed E-state index contributed by atoms with van der Waals surface area (Å²) in [5.41, 5.74) is 0.543. The number of aromatic nitrogens is 2. The van der Waals surface area contributed by atoms with E-state index in [2.05, 4.69) is 15.3 Å². The summed E-state index contributed by atoms with van der Waals surface area (Å²) in [6.45, 7) is 1.44. The van der Waals surface area contributed by atoms with Crippen LogP contribution in [0.4, 0.5) is 13.2 Å². The van der Waals surface area contributed by atoms with Crippen molar-refractivity contribution in [2.45, 2.75) is 19.6 Å². The Morgan fingerprint density at radius 3 is 2.68 bits per heavy atom. The first-order valence-corrected chi connectivity index (χ1v) is 7.52. The minimum absolute atomic E-state index is 0.0106. The van der Waals surface area contributed by atoms with E-state index in [0.29, 0.717) is 22.3 Å². The van der Waals surface area contributed by atoms with E-state index in [9.17, 15) is 18.0 Å². The van der Waals surface area contributed by atoms with Crippen molar-refractivity contribution >= 4 is 16.9 Å². The van der Waals surface area contributed by atoms with E-state index in [1.54, 1.807) is 31.3 Å². The van der Waals surface area contributed by atoms with Gasteiger partial charge in [-0.2, -0.15) is 13.2 Å². The highest BCUT2D eigenvalue weighted by Gasteiger charge is 2.32. The number of pyridine rings is 2. The number of carbonyl (C=O) groups excluding carboxylic acids is 1. The largest absolute Gasteiger partial charge is 0.416 e. The van der Waals surface area contributed by atoms with Crippen LogP contribution < -0.4 is 5.32 Å². The molecule has 2 aromatic heterocycles. The number of nitrogens with one attached hydrogen (secondary N) is 1. The van der Waals surface area contributed by atoms with Crippen LogP contribution >= 0.6 is 0 Å². The van der Waals surface area contributed by atoms with Crippen molar-refractivity contribution in [2.24, 2.45) is 0 Å². The predicted molar refractivity (Wildman–Crippen MR) is 86.9 cm³/mol. The van der Waals surface area contributed by atoms with Crippen LogP contribution in [0.1, 0.15) is 27.2 Å². The predicted octanol–water partition coefficient (Wildman–Crippen LogP) is 3.89. The van der Waals surface area contributed by atoms with Crippen molar-refractivity contribution in [2.75, 3.05) is 0 Å². The molecule has 3 aromatic rings. The molecule has 0 aliphatic heterocycles. The number of aryl methyl sites for hydroxylation is 1. The maximum Gasteiger partial charge on any atom is 0.416 e. The van der Waals surface area contributed by atoms with Gasteiger partial charge in [-0.25, -0.2) is 9.97 Å². The zero-order chi connectivity index (χ0) is 18.0. The van der Waals surface area contributed by atoms with Gasteiger partial charge in [0.25, 0.3) is 5.91 Å². The normalized spacial score (nSPS) is 11.5. The van der Waals surface area contributed by atoms with Crippen molar-refractivity contribution < 1.29 is 18.0 Å². The van der Waals surface area contributed by atoms with Crippen LogP contribution in [0.15, 0.2) is 48.7 Å². The third-order valence-electron chi connectivity index (χ3n) is 3.79. The number of nitrogens with zero attached hydrogens (tertiary/aromatic N) is 2. The van der Waals surface area contributed by atoms with Crippen LogP contribution in [-0.2, 0) is 12.7 Å². The molecule has 0 aliphatic rings. The van der Waals surface area contributed by atoms with Crippen LogP contribution in [0, 0.1) is 6.92 Å². The molecule has 0 fully saturated rings. The van der Waals surface area contributed by atoms with Crippen molar-refractivity contribution in [3.63, 3.8) is 0 Å². The van der Waals surface area contributed by atoms with Crippen molar-refractivity contribution in [3.05, 3.63) is 71.0 Å². The summed E-state index contributed by atoms with van der Waals surface area (Å²) in [6, 6.07) is 10.3. The zero-order valence-corrected chi connectivity index (χ0v) is 13.3. The highest BCUT2D eigenvalue weighted by molar-refractivity contribution is 5.98. The summed E-state index contributed by atoms with van der Waals surface area (Å²) in [4.78, 5) is 20.8. The van der Waals surface area contributed by atoms with Gasteiger partial charge in [-0.1, -0.05) is 18.2 Å². The Labute approximate surface area is 141 Å². The molecule has 1 aromatic carbocycles. The lowest BCUT2D eigenvalue weighted by atomic mass is 10.1. The van der Waals surface area contributed by atoms with Crippen LogP contribution in [0.5, 0.6) is 0 Å². The molecule has 0 radical (unpaired) electrons. The first kappa shape index (κ1) is 16.9. The van der Waals surface area contributed by atoms with E-state index < -0.39 is 17.6 Å². The summed E-state index contributed by atoms with van der Waals surface area (Å²) in [5.74, 6) is -0.479. The fourth-order valence-corrected chi connectivity index (χ4v) is 2.55. The van der Waals surface area contributed by atoms with Gasteiger partial charge in [0, 0.05) is 18.1 Å². The third-order valence-corrected chi connectivity index (χ3v) is 3.79. The minimum Gasteiger partial charge on any atom is -0.348 e. The minimum atomic E-state index is -4.46. The van der Waals surface area contributed by atoms with Gasteiger partial charge in [0.05, 0.1) is 16.8 Å². The van der Waals surface area contributed by atoms with Gasteiger partial charge in [0.15, 0.2) is 5.65 Å². The second kappa shape index (κ2) is 6.51. The lowest BCUT2D eigenvalue weighted by Crippen LogP contribution is -2.25. The first-order chi connectivity index (χ1) is 11.9. The Hall–Kier alpha value is -2.96. The van der Waals surface area contributed by atoms with E-state index in [1.165, 1.54) is 18.2 Å². The molecule has 2 heterocycles. The Bertz CT molecular complexity index is 938. The van der Waals surface area contributed by atoms with Gasteiger partial charge >= 0.3 is 6.18 Å². The zero-order valence-electron chi connectivity index (χ0n) is 13.3. The molecule has 0 unspecified atom stereocenters. The number of alkyl halides is 3. The maximum absolute atomic E-state index is 13.0. The molecule has 3 rings (SSSR count). The van der Waals surface area contributed by atoms with Crippen molar-refractivity contribution in [1.29, 1.82) is 0 Å². The molecule has 0 bridgehead atoms. The summed E-state index contributed by atoms with van der Waals surface area (Å²) >= 11 is 0. The Morgan fingerprint density at radius 1 is 1.16 bits per heavy atom. The molecule has 1 N–H and O–H groups in total. The number of rotatable bonds is 3. The summed E-state index contributed by atoms with van der Waals surface area (Å²) in [6.07, 6.45) is -2.87. The van der Waals surface area contributed by atoms with E-state index in [1.807, 2.05) is 0 Å². The maximum atomic E-state index is 13.0. The summed E-state index contributed by atoms with van der Waals surface area (Å²) in [5, 5.41) is 3.22. The highest BCUT2D eigenvalue weighted by Crippen LogP contribution is 2.31. The fraction of sp³-hybridized carbons (Fsp3) is 0.167. The van der Waals surface area contributed by atoms with Gasteiger partial charge in [-0.05, 0) is 36.8 Å². The molecule has 0 saturated carbocycles. The third kappa shape index (κ3) is 3.60. The number of hydrogen-bond donors (Lipinski definition) is 1. The Kier molecular flexibility index (Phi) is 4.39. The molecule has 0 saturated heterocycles. The molecule has 25 heavy (non-hydrogen) atoms. The standard InChI is InChI=1S/C18H14F3N3O/c1-11-14(9-12-6-4-8-22-16(12)24-11)17(25)23-10-13-5-2-3-7-15(13)18(19,20)21/h2-9H,10H2,1H3,(H,23,25).